The van der Waals surface area contributed by atoms with E-state index in [1.54, 1.807) is 19.3 Å². The minimum Gasteiger partial charge on any atom is -0.496 e. The van der Waals surface area contributed by atoms with E-state index in [0.29, 0.717) is 14.9 Å². The monoisotopic (exact) mass is 386 g/mol. The van der Waals surface area contributed by atoms with Gasteiger partial charge in [0, 0.05) is 12.1 Å². The molecule has 0 unspecified atom stereocenters. The number of rotatable bonds is 4. The van der Waals surface area contributed by atoms with Gasteiger partial charge < -0.3 is 4.74 Å². The highest BCUT2D eigenvalue weighted by Crippen LogP contribution is 2.37. The summed E-state index contributed by atoms with van der Waals surface area (Å²) < 4.78 is 5.64. The quantitative estimate of drug-likeness (QED) is 0.337. The number of nitro benzene ring substituents is 1. The molecule has 26 heavy (non-hydrogen) atoms. The zero-order chi connectivity index (χ0) is 18.8. The standard InChI is InChI=1S/C18H14N2O4S2/c1-11-6-7-12(8-15(11)24-2)9-16-17(21)19(18(25)26-16)13-4-3-5-14(10-13)20(22)23/h3-10H,1-2H3/b16-9-. The lowest BCUT2D eigenvalue weighted by Crippen LogP contribution is -2.27. The largest absolute Gasteiger partial charge is 0.496 e. The van der Waals surface area contributed by atoms with Gasteiger partial charge in [-0.1, -0.05) is 42.2 Å². The number of nitro groups is 1. The molecule has 132 valence electrons. The van der Waals surface area contributed by atoms with Gasteiger partial charge in [0.05, 0.1) is 22.6 Å². The molecule has 1 aliphatic rings. The van der Waals surface area contributed by atoms with Crippen LogP contribution < -0.4 is 9.64 Å². The van der Waals surface area contributed by atoms with Crippen LogP contribution in [0.15, 0.2) is 47.4 Å². The molecular weight excluding hydrogens is 372 g/mol. The van der Waals surface area contributed by atoms with Gasteiger partial charge in [-0.2, -0.15) is 0 Å². The lowest BCUT2D eigenvalue weighted by Gasteiger charge is -2.14. The van der Waals surface area contributed by atoms with Crippen molar-refractivity contribution in [3.63, 3.8) is 0 Å². The summed E-state index contributed by atoms with van der Waals surface area (Å²) in [5.74, 6) is 0.424. The summed E-state index contributed by atoms with van der Waals surface area (Å²) in [7, 11) is 1.59. The summed E-state index contributed by atoms with van der Waals surface area (Å²) in [6.07, 6.45) is 1.73. The van der Waals surface area contributed by atoms with E-state index in [4.69, 9.17) is 17.0 Å². The van der Waals surface area contributed by atoms with Crippen molar-refractivity contribution in [1.82, 2.24) is 0 Å². The molecule has 1 aliphatic heterocycles. The Hall–Kier alpha value is -2.71. The van der Waals surface area contributed by atoms with Crippen LogP contribution >= 0.6 is 24.0 Å². The molecule has 0 atom stereocenters. The molecule has 2 aromatic rings. The van der Waals surface area contributed by atoms with Crippen LogP contribution in [0.3, 0.4) is 0 Å². The summed E-state index contributed by atoms with van der Waals surface area (Å²) in [6, 6.07) is 11.5. The van der Waals surface area contributed by atoms with Crippen LogP contribution in [-0.2, 0) is 4.79 Å². The van der Waals surface area contributed by atoms with E-state index in [9.17, 15) is 14.9 Å². The van der Waals surface area contributed by atoms with Crippen LogP contribution in [0.4, 0.5) is 11.4 Å². The fourth-order valence-electron chi connectivity index (χ4n) is 2.51. The van der Waals surface area contributed by atoms with Gasteiger partial charge in [0.1, 0.15) is 5.75 Å². The smallest absolute Gasteiger partial charge is 0.271 e. The number of non-ortho nitro benzene ring substituents is 1. The van der Waals surface area contributed by atoms with E-state index in [2.05, 4.69) is 0 Å². The minimum atomic E-state index is -0.504. The fraction of sp³-hybridized carbons (Fsp3) is 0.111. The second-order valence-corrected chi connectivity index (χ2v) is 7.20. The van der Waals surface area contributed by atoms with E-state index < -0.39 is 4.92 Å². The Kier molecular flexibility index (Phi) is 5.06. The molecule has 0 N–H and O–H groups in total. The van der Waals surface area contributed by atoms with E-state index in [1.165, 1.54) is 23.1 Å². The summed E-state index contributed by atoms with van der Waals surface area (Å²) in [5.41, 5.74) is 2.09. The van der Waals surface area contributed by atoms with Crippen LogP contribution in [0.1, 0.15) is 11.1 Å². The molecule has 0 bridgehead atoms. The van der Waals surface area contributed by atoms with Crippen molar-refractivity contribution < 1.29 is 14.5 Å². The van der Waals surface area contributed by atoms with Crippen LogP contribution in [-0.4, -0.2) is 22.3 Å². The summed E-state index contributed by atoms with van der Waals surface area (Å²) >= 11 is 6.47. The second-order valence-electron chi connectivity index (χ2n) is 5.52. The Bertz CT molecular complexity index is 956. The van der Waals surface area contributed by atoms with Crippen molar-refractivity contribution in [2.24, 2.45) is 0 Å². The van der Waals surface area contributed by atoms with Gasteiger partial charge in [-0.3, -0.25) is 19.8 Å². The molecule has 1 saturated heterocycles. The number of ether oxygens (including phenoxy) is 1. The maximum atomic E-state index is 12.8. The van der Waals surface area contributed by atoms with Gasteiger partial charge in [-0.15, -0.1) is 0 Å². The molecule has 1 fully saturated rings. The van der Waals surface area contributed by atoms with Crippen molar-refractivity contribution in [3.8, 4) is 5.75 Å². The molecule has 0 aromatic heterocycles. The molecular formula is C18H14N2O4S2. The first-order chi connectivity index (χ1) is 12.4. The second kappa shape index (κ2) is 7.27. The van der Waals surface area contributed by atoms with Gasteiger partial charge in [0.2, 0.25) is 0 Å². The third-order valence-electron chi connectivity index (χ3n) is 3.82. The number of hydrogen-bond donors (Lipinski definition) is 0. The molecule has 1 amide bonds. The first-order valence-corrected chi connectivity index (χ1v) is 8.80. The first-order valence-electron chi connectivity index (χ1n) is 7.58. The van der Waals surface area contributed by atoms with E-state index >= 15 is 0 Å². The number of thioether (sulfide) groups is 1. The van der Waals surface area contributed by atoms with Crippen LogP contribution in [0.5, 0.6) is 5.75 Å². The van der Waals surface area contributed by atoms with Gasteiger partial charge in [-0.25, -0.2) is 0 Å². The normalized spacial score (nSPS) is 15.6. The number of carbonyl (C=O) groups is 1. The number of benzene rings is 2. The molecule has 0 saturated carbocycles. The van der Waals surface area contributed by atoms with Crippen molar-refractivity contribution in [2.45, 2.75) is 6.92 Å². The first kappa shape index (κ1) is 18.1. The van der Waals surface area contributed by atoms with Crippen molar-refractivity contribution in [2.75, 3.05) is 12.0 Å². The topological polar surface area (TPSA) is 72.7 Å². The lowest BCUT2D eigenvalue weighted by atomic mass is 10.1. The number of nitrogens with zero attached hydrogens (tertiary/aromatic N) is 2. The minimum absolute atomic E-state index is 0.0937. The van der Waals surface area contributed by atoms with E-state index in [-0.39, 0.29) is 11.6 Å². The highest BCUT2D eigenvalue weighted by atomic mass is 32.2. The Balaban J connectivity index is 1.94. The maximum absolute atomic E-state index is 12.8. The third-order valence-corrected chi connectivity index (χ3v) is 5.12. The third kappa shape index (κ3) is 3.47. The molecule has 0 aliphatic carbocycles. The van der Waals surface area contributed by atoms with Crippen molar-refractivity contribution in [3.05, 3.63) is 68.6 Å². The lowest BCUT2D eigenvalue weighted by molar-refractivity contribution is -0.384. The summed E-state index contributed by atoms with van der Waals surface area (Å²) in [4.78, 5) is 25.0. The average molecular weight is 386 g/mol. The van der Waals surface area contributed by atoms with Gasteiger partial charge >= 0.3 is 0 Å². The average Bonchev–Trinajstić information content (AvgIpc) is 2.90. The van der Waals surface area contributed by atoms with Crippen LogP contribution in [0.2, 0.25) is 0 Å². The molecule has 0 radical (unpaired) electrons. The highest BCUT2D eigenvalue weighted by molar-refractivity contribution is 8.27. The van der Waals surface area contributed by atoms with Crippen LogP contribution in [0.25, 0.3) is 6.08 Å². The Morgan fingerprint density at radius 2 is 2.04 bits per heavy atom. The maximum Gasteiger partial charge on any atom is 0.271 e. The molecule has 2 aromatic carbocycles. The summed E-state index contributed by atoms with van der Waals surface area (Å²) in [5, 5.41) is 11.0. The van der Waals surface area contributed by atoms with Crippen LogP contribution in [0, 0.1) is 17.0 Å². The molecule has 1 heterocycles. The SMILES string of the molecule is COc1cc(/C=C2\SC(=S)N(c3cccc([N+](=O)[O-])c3)C2=O)ccc1C. The van der Waals surface area contributed by atoms with Gasteiger partial charge in [0.25, 0.3) is 11.6 Å². The Morgan fingerprint density at radius 1 is 1.27 bits per heavy atom. The van der Waals surface area contributed by atoms with E-state index in [1.807, 2.05) is 25.1 Å². The molecule has 6 nitrogen and oxygen atoms in total. The highest BCUT2D eigenvalue weighted by Gasteiger charge is 2.33. The van der Waals surface area contributed by atoms with E-state index in [0.717, 1.165) is 28.6 Å². The van der Waals surface area contributed by atoms with Gasteiger partial charge in [0.15, 0.2) is 4.32 Å². The zero-order valence-electron chi connectivity index (χ0n) is 14.0. The number of hydrogen-bond acceptors (Lipinski definition) is 6. The van der Waals surface area contributed by atoms with Crippen molar-refractivity contribution >= 4 is 51.7 Å². The predicted octanol–water partition coefficient (Wildman–Crippen LogP) is 4.32. The fourth-order valence-corrected chi connectivity index (χ4v) is 3.81. The number of anilines is 1. The predicted molar refractivity (Wildman–Crippen MR) is 106 cm³/mol. The van der Waals surface area contributed by atoms with Crippen molar-refractivity contribution in [1.29, 1.82) is 0 Å². The number of carbonyl (C=O) groups excluding carboxylic acids is 1. The number of thiocarbonyl (C=S) groups is 1. The zero-order valence-corrected chi connectivity index (χ0v) is 15.6. The number of amides is 1. The number of aryl methyl sites for hydroxylation is 1. The Labute approximate surface area is 159 Å². The molecule has 0 spiro atoms. The number of methoxy groups -OCH3 is 1. The van der Waals surface area contributed by atoms with Gasteiger partial charge in [-0.05, 0) is 36.3 Å². The molecule has 8 heteroatoms. The molecule has 3 rings (SSSR count). The summed E-state index contributed by atoms with van der Waals surface area (Å²) in [6.45, 7) is 1.93. The Morgan fingerprint density at radius 3 is 2.73 bits per heavy atom.